The zero-order valence-electron chi connectivity index (χ0n) is 14.2. The van der Waals surface area contributed by atoms with Crippen LogP contribution in [0.3, 0.4) is 0 Å². The summed E-state index contributed by atoms with van der Waals surface area (Å²) in [4.78, 5) is 31.0. The molecule has 0 aliphatic carbocycles. The van der Waals surface area contributed by atoms with Gasteiger partial charge in [-0.3, -0.25) is 9.59 Å². The highest BCUT2D eigenvalue weighted by Crippen LogP contribution is 2.16. The van der Waals surface area contributed by atoms with Gasteiger partial charge in [0, 0.05) is 36.5 Å². The average Bonchev–Trinajstić information content (AvgIpc) is 2.61. The second kappa shape index (κ2) is 9.96. The zero-order chi connectivity index (χ0) is 18.1. The molecule has 0 fully saturated rings. The first-order chi connectivity index (χ1) is 12.1. The lowest BCUT2D eigenvalue weighted by molar-refractivity contribution is 0.0938. The van der Waals surface area contributed by atoms with E-state index in [-0.39, 0.29) is 5.56 Å². The third-order valence-corrected chi connectivity index (χ3v) is 3.81. The second-order valence-electron chi connectivity index (χ2n) is 5.56. The minimum absolute atomic E-state index is 0.00962. The number of nitrogens with one attached hydrogen (secondary N) is 2. The number of carbonyl (C=O) groups is 1. The SMILES string of the molecule is CCCCOCCCNC(=O)c1cnc(-c2ccc(Cl)cc2)[nH]c1=O. The van der Waals surface area contributed by atoms with Crippen LogP contribution in [0.1, 0.15) is 36.5 Å². The van der Waals surface area contributed by atoms with Crippen molar-refractivity contribution in [2.24, 2.45) is 0 Å². The molecule has 1 aromatic carbocycles. The molecule has 2 rings (SSSR count). The minimum atomic E-state index is -0.475. The van der Waals surface area contributed by atoms with Crippen molar-refractivity contribution >= 4 is 17.5 Å². The molecule has 0 bridgehead atoms. The number of rotatable bonds is 9. The van der Waals surface area contributed by atoms with E-state index >= 15 is 0 Å². The van der Waals surface area contributed by atoms with Gasteiger partial charge in [0.05, 0.1) is 0 Å². The molecule has 2 N–H and O–H groups in total. The number of halogens is 1. The fraction of sp³-hybridized carbons (Fsp3) is 0.389. The molecule has 0 atom stereocenters. The number of amides is 1. The Balaban J connectivity index is 1.88. The summed E-state index contributed by atoms with van der Waals surface area (Å²) in [6.45, 7) is 3.88. The van der Waals surface area contributed by atoms with Crippen LogP contribution in [0.5, 0.6) is 0 Å². The average molecular weight is 364 g/mol. The van der Waals surface area contributed by atoms with Crippen molar-refractivity contribution < 1.29 is 9.53 Å². The zero-order valence-corrected chi connectivity index (χ0v) is 14.9. The van der Waals surface area contributed by atoms with Gasteiger partial charge in [0.25, 0.3) is 11.5 Å². The van der Waals surface area contributed by atoms with Crippen molar-refractivity contribution in [1.29, 1.82) is 0 Å². The highest BCUT2D eigenvalue weighted by Gasteiger charge is 2.12. The molecule has 0 spiro atoms. The van der Waals surface area contributed by atoms with E-state index in [0.29, 0.717) is 30.4 Å². The van der Waals surface area contributed by atoms with Gasteiger partial charge < -0.3 is 15.0 Å². The van der Waals surface area contributed by atoms with Gasteiger partial charge in [0.1, 0.15) is 11.4 Å². The van der Waals surface area contributed by atoms with Crippen LogP contribution in [0, 0.1) is 0 Å². The Morgan fingerprint density at radius 2 is 1.96 bits per heavy atom. The van der Waals surface area contributed by atoms with Gasteiger partial charge in [-0.2, -0.15) is 0 Å². The van der Waals surface area contributed by atoms with Crippen molar-refractivity contribution in [3.05, 3.63) is 51.4 Å². The van der Waals surface area contributed by atoms with E-state index in [0.717, 1.165) is 25.0 Å². The molecule has 0 saturated carbocycles. The number of benzene rings is 1. The van der Waals surface area contributed by atoms with Crippen LogP contribution < -0.4 is 10.9 Å². The maximum atomic E-state index is 12.1. The topological polar surface area (TPSA) is 84.1 Å². The quantitative estimate of drug-likeness (QED) is 0.671. The van der Waals surface area contributed by atoms with Gasteiger partial charge in [0.15, 0.2) is 0 Å². The molecule has 1 heterocycles. The van der Waals surface area contributed by atoms with Crippen molar-refractivity contribution in [3.8, 4) is 11.4 Å². The molecular formula is C18H22ClN3O3. The minimum Gasteiger partial charge on any atom is -0.381 e. The standard InChI is InChI=1S/C18H22ClN3O3/c1-2-3-10-25-11-4-9-20-17(23)15-12-21-16(22-18(15)24)13-5-7-14(19)8-6-13/h5-8,12H,2-4,9-11H2,1H3,(H,20,23)(H,21,22,24). The van der Waals surface area contributed by atoms with Crippen molar-refractivity contribution in [2.45, 2.75) is 26.2 Å². The molecule has 1 aromatic heterocycles. The summed E-state index contributed by atoms with van der Waals surface area (Å²) in [5, 5.41) is 3.30. The fourth-order valence-electron chi connectivity index (χ4n) is 2.13. The van der Waals surface area contributed by atoms with Gasteiger partial charge >= 0.3 is 0 Å². The molecule has 134 valence electrons. The van der Waals surface area contributed by atoms with Crippen LogP contribution in [-0.4, -0.2) is 35.6 Å². The summed E-state index contributed by atoms with van der Waals surface area (Å²) in [5.74, 6) is -0.0486. The van der Waals surface area contributed by atoms with Crippen molar-refractivity contribution in [1.82, 2.24) is 15.3 Å². The summed E-state index contributed by atoms with van der Waals surface area (Å²) < 4.78 is 5.42. The van der Waals surface area contributed by atoms with E-state index in [2.05, 4.69) is 22.2 Å². The summed E-state index contributed by atoms with van der Waals surface area (Å²) >= 11 is 5.84. The maximum Gasteiger partial charge on any atom is 0.264 e. The third kappa shape index (κ3) is 5.99. The first-order valence-corrected chi connectivity index (χ1v) is 8.71. The Hall–Kier alpha value is -2.18. The van der Waals surface area contributed by atoms with Gasteiger partial charge in [-0.25, -0.2) is 4.98 Å². The van der Waals surface area contributed by atoms with E-state index in [4.69, 9.17) is 16.3 Å². The van der Waals surface area contributed by atoms with Crippen molar-refractivity contribution in [3.63, 3.8) is 0 Å². The highest BCUT2D eigenvalue weighted by atomic mass is 35.5. The summed E-state index contributed by atoms with van der Waals surface area (Å²) in [7, 11) is 0. The highest BCUT2D eigenvalue weighted by molar-refractivity contribution is 6.30. The number of H-pyrrole nitrogens is 1. The molecule has 0 unspecified atom stereocenters. The third-order valence-electron chi connectivity index (χ3n) is 3.55. The number of nitrogens with zero attached hydrogens (tertiary/aromatic N) is 1. The summed E-state index contributed by atoms with van der Waals surface area (Å²) in [6.07, 6.45) is 4.12. The number of unbranched alkanes of at least 4 members (excludes halogenated alkanes) is 1. The van der Waals surface area contributed by atoms with Gasteiger partial charge in [-0.05, 0) is 37.1 Å². The predicted molar refractivity (Wildman–Crippen MR) is 98.0 cm³/mol. The molecule has 2 aromatic rings. The summed E-state index contributed by atoms with van der Waals surface area (Å²) in [6, 6.07) is 6.91. The monoisotopic (exact) mass is 363 g/mol. The molecule has 0 aliphatic heterocycles. The molecule has 0 saturated heterocycles. The maximum absolute atomic E-state index is 12.1. The Labute approximate surface area is 151 Å². The molecule has 7 heteroatoms. The van der Waals surface area contributed by atoms with Crippen LogP contribution in [-0.2, 0) is 4.74 Å². The first-order valence-electron chi connectivity index (χ1n) is 8.33. The molecular weight excluding hydrogens is 342 g/mol. The van der Waals surface area contributed by atoms with Gasteiger partial charge in [0.2, 0.25) is 0 Å². The Morgan fingerprint density at radius 3 is 2.64 bits per heavy atom. The van der Waals surface area contributed by atoms with Gasteiger partial charge in [-0.1, -0.05) is 24.9 Å². The lowest BCUT2D eigenvalue weighted by Gasteiger charge is -2.06. The smallest absolute Gasteiger partial charge is 0.264 e. The molecule has 0 radical (unpaired) electrons. The lowest BCUT2D eigenvalue weighted by atomic mass is 10.2. The number of carbonyl (C=O) groups excluding carboxylic acids is 1. The molecule has 6 nitrogen and oxygen atoms in total. The summed E-state index contributed by atoms with van der Waals surface area (Å²) in [5.41, 5.74) is 0.235. The molecule has 0 aliphatic rings. The van der Waals surface area contributed by atoms with Crippen LogP contribution >= 0.6 is 11.6 Å². The number of hydrogen-bond donors (Lipinski definition) is 2. The lowest BCUT2D eigenvalue weighted by Crippen LogP contribution is -2.31. The largest absolute Gasteiger partial charge is 0.381 e. The Morgan fingerprint density at radius 1 is 1.24 bits per heavy atom. The van der Waals surface area contributed by atoms with Crippen LogP contribution in [0.4, 0.5) is 0 Å². The van der Waals surface area contributed by atoms with E-state index in [9.17, 15) is 9.59 Å². The van der Waals surface area contributed by atoms with E-state index < -0.39 is 11.5 Å². The Bertz CT molecular complexity index is 744. The van der Waals surface area contributed by atoms with E-state index in [1.54, 1.807) is 24.3 Å². The number of hydrogen-bond acceptors (Lipinski definition) is 4. The predicted octanol–water partition coefficient (Wildman–Crippen LogP) is 3.03. The Kier molecular flexibility index (Phi) is 7.63. The first kappa shape index (κ1) is 19.1. The van der Waals surface area contributed by atoms with Gasteiger partial charge in [-0.15, -0.1) is 0 Å². The van der Waals surface area contributed by atoms with E-state index in [1.165, 1.54) is 6.20 Å². The van der Waals surface area contributed by atoms with Crippen LogP contribution in [0.15, 0.2) is 35.3 Å². The van der Waals surface area contributed by atoms with Crippen molar-refractivity contribution in [2.75, 3.05) is 19.8 Å². The molecule has 25 heavy (non-hydrogen) atoms. The molecule has 1 amide bonds. The number of ether oxygens (including phenoxy) is 1. The fourth-order valence-corrected chi connectivity index (χ4v) is 2.26. The van der Waals surface area contributed by atoms with Crippen LogP contribution in [0.2, 0.25) is 5.02 Å². The van der Waals surface area contributed by atoms with E-state index in [1.807, 2.05) is 0 Å². The second-order valence-corrected chi connectivity index (χ2v) is 5.99. The number of aromatic amines is 1. The normalized spacial score (nSPS) is 10.6. The van der Waals surface area contributed by atoms with Crippen LogP contribution in [0.25, 0.3) is 11.4 Å². The number of aromatic nitrogens is 2.